The number of guanidine groups is 2. The van der Waals surface area contributed by atoms with Crippen molar-refractivity contribution in [2.75, 3.05) is 53.2 Å². The quantitative estimate of drug-likeness (QED) is 0.0302. The summed E-state index contributed by atoms with van der Waals surface area (Å²) < 4.78 is 0. The Labute approximate surface area is 318 Å². The minimum Gasteiger partial charge on any atom is -0.370 e. The number of amides is 4. The maximum Gasteiger partial charge on any atom is 0.274 e. The van der Waals surface area contributed by atoms with Crippen LogP contribution in [0.2, 0.25) is 0 Å². The highest BCUT2D eigenvalue weighted by atomic mass is 32.2. The van der Waals surface area contributed by atoms with Crippen molar-refractivity contribution in [3.8, 4) is 0 Å². The summed E-state index contributed by atoms with van der Waals surface area (Å²) in [6.07, 6.45) is 5.15. The van der Waals surface area contributed by atoms with E-state index in [1.165, 1.54) is 17.8 Å². The maximum atomic E-state index is 13.5. The number of anilines is 4. The van der Waals surface area contributed by atoms with Crippen molar-refractivity contribution in [2.24, 2.45) is 44.4 Å². The standard InChI is InChI=1S/C35H50N14O4S/c36-15-7-8-22-23(46-29(50)13-1-3-17-42-34(38)39)9-5-10-24(22)48-32(52)27-20-28(45-21-44-27)33(53)49-26-12-6-11-25(31(26)54-19-16-37)47-30(51)14-2-4-18-43-35(40)41/h5-6,9-12,20-21H,1-4,7-8,13-19,36-37H2,(H,46,50)(H,47,51)(H,48,52)(H,49,53)(H4,38,39,42)(H4,40,41,43). The van der Waals surface area contributed by atoms with Crippen molar-refractivity contribution in [1.82, 2.24) is 9.97 Å². The smallest absolute Gasteiger partial charge is 0.274 e. The molecule has 0 radical (unpaired) electrons. The second-order valence-corrected chi connectivity index (χ2v) is 13.0. The van der Waals surface area contributed by atoms with Crippen LogP contribution in [0.5, 0.6) is 0 Å². The molecule has 0 atom stereocenters. The highest BCUT2D eigenvalue weighted by Gasteiger charge is 2.19. The van der Waals surface area contributed by atoms with Crippen LogP contribution in [0.3, 0.4) is 0 Å². The van der Waals surface area contributed by atoms with E-state index in [1.54, 1.807) is 36.4 Å². The first kappa shape index (κ1) is 42.6. The molecule has 0 aliphatic heterocycles. The predicted molar refractivity (Wildman–Crippen MR) is 214 cm³/mol. The van der Waals surface area contributed by atoms with E-state index in [-0.39, 0.29) is 48.0 Å². The van der Waals surface area contributed by atoms with Gasteiger partial charge in [0.1, 0.15) is 17.7 Å². The zero-order chi connectivity index (χ0) is 39.3. The molecule has 0 aliphatic rings. The molecule has 19 heteroatoms. The lowest BCUT2D eigenvalue weighted by molar-refractivity contribution is -0.117. The van der Waals surface area contributed by atoms with Crippen LogP contribution in [0.15, 0.2) is 63.7 Å². The summed E-state index contributed by atoms with van der Waals surface area (Å²) in [5, 5.41) is 11.5. The molecule has 0 saturated heterocycles. The Morgan fingerprint density at radius 2 is 1.11 bits per heavy atom. The number of benzene rings is 2. The van der Waals surface area contributed by atoms with E-state index in [2.05, 4.69) is 41.2 Å². The summed E-state index contributed by atoms with van der Waals surface area (Å²) in [6, 6.07) is 11.6. The number of thioether (sulfide) groups is 1. The maximum absolute atomic E-state index is 13.5. The average molecular weight is 763 g/mol. The number of unbranched alkanes of at least 4 members (excludes halogenated alkanes) is 2. The molecule has 0 fully saturated rings. The van der Waals surface area contributed by atoms with Gasteiger partial charge in [0.05, 0.1) is 16.3 Å². The molecule has 0 spiro atoms. The Kier molecular flexibility index (Phi) is 18.2. The number of nitrogens with zero attached hydrogens (tertiary/aromatic N) is 4. The Hall–Kier alpha value is -5.79. The largest absolute Gasteiger partial charge is 0.370 e. The Morgan fingerprint density at radius 1 is 0.630 bits per heavy atom. The van der Waals surface area contributed by atoms with Crippen LogP contribution in [0, 0.1) is 0 Å². The molecule has 3 aromatic rings. The van der Waals surface area contributed by atoms with Crippen LogP contribution in [0.25, 0.3) is 0 Å². The minimum atomic E-state index is -0.601. The molecule has 54 heavy (non-hydrogen) atoms. The van der Waals surface area contributed by atoms with Crippen LogP contribution in [0.1, 0.15) is 71.5 Å². The number of hydrogen-bond acceptors (Lipinski definition) is 11. The zero-order valence-corrected chi connectivity index (χ0v) is 30.9. The van der Waals surface area contributed by atoms with E-state index in [0.29, 0.717) is 104 Å². The molecule has 1 aromatic heterocycles. The predicted octanol–water partition coefficient (Wildman–Crippen LogP) is 1.69. The monoisotopic (exact) mass is 762 g/mol. The molecular weight excluding hydrogens is 713 g/mol. The van der Waals surface area contributed by atoms with Crippen molar-refractivity contribution in [3.63, 3.8) is 0 Å². The van der Waals surface area contributed by atoms with E-state index >= 15 is 0 Å². The lowest BCUT2D eigenvalue weighted by Crippen LogP contribution is -2.23. The fourth-order valence-corrected chi connectivity index (χ4v) is 5.91. The van der Waals surface area contributed by atoms with E-state index in [9.17, 15) is 19.2 Å². The van der Waals surface area contributed by atoms with Crippen molar-refractivity contribution in [1.29, 1.82) is 0 Å². The SMILES string of the molecule is NCCCc1c(NC(=O)CCCCN=C(N)N)cccc1NC(=O)c1cc(C(=O)Nc2cccc(NC(=O)CCCCN=C(N)N)c2SCCN)ncn1. The first-order chi connectivity index (χ1) is 26.0. The van der Waals surface area contributed by atoms with Gasteiger partial charge in [-0.1, -0.05) is 12.1 Å². The summed E-state index contributed by atoms with van der Waals surface area (Å²) in [5.74, 6) is -1.07. The topological polar surface area (TPSA) is 323 Å². The van der Waals surface area contributed by atoms with Gasteiger partial charge in [-0.2, -0.15) is 0 Å². The van der Waals surface area contributed by atoms with Gasteiger partial charge in [-0.15, -0.1) is 11.8 Å². The minimum absolute atomic E-state index is 0.00352. The Bertz CT molecular complexity index is 1670. The molecule has 3 rings (SSSR count). The van der Waals surface area contributed by atoms with Crippen LogP contribution in [-0.2, 0) is 16.0 Å². The van der Waals surface area contributed by atoms with Crippen LogP contribution in [-0.4, -0.2) is 77.4 Å². The second kappa shape index (κ2) is 23.0. The fraction of sp³-hybridized carbons (Fsp3) is 0.371. The van der Waals surface area contributed by atoms with Crippen molar-refractivity contribution in [3.05, 3.63) is 65.7 Å². The van der Waals surface area contributed by atoms with Crippen molar-refractivity contribution < 1.29 is 19.2 Å². The van der Waals surface area contributed by atoms with Gasteiger partial charge in [-0.05, 0) is 74.9 Å². The Balaban J connectivity index is 1.73. The number of carbonyl (C=O) groups is 4. The van der Waals surface area contributed by atoms with Gasteiger partial charge in [-0.25, -0.2) is 9.97 Å². The number of rotatable bonds is 22. The molecular formula is C35H50N14O4S. The van der Waals surface area contributed by atoms with Crippen LogP contribution in [0.4, 0.5) is 22.7 Å². The molecule has 0 saturated carbocycles. The van der Waals surface area contributed by atoms with Gasteiger partial charge >= 0.3 is 0 Å². The molecule has 0 aliphatic carbocycles. The number of nitrogens with one attached hydrogen (secondary N) is 4. The second-order valence-electron chi connectivity index (χ2n) is 11.9. The summed E-state index contributed by atoms with van der Waals surface area (Å²) >= 11 is 1.37. The third-order valence-corrected chi connectivity index (χ3v) is 8.74. The third kappa shape index (κ3) is 14.7. The van der Waals surface area contributed by atoms with Gasteiger partial charge in [0.2, 0.25) is 11.8 Å². The normalized spacial score (nSPS) is 10.6. The van der Waals surface area contributed by atoms with E-state index in [4.69, 9.17) is 34.4 Å². The summed E-state index contributed by atoms with van der Waals surface area (Å²) in [6.45, 7) is 1.61. The highest BCUT2D eigenvalue weighted by molar-refractivity contribution is 7.99. The van der Waals surface area contributed by atoms with Gasteiger partial charge < -0.3 is 55.7 Å². The van der Waals surface area contributed by atoms with E-state index in [0.717, 1.165) is 6.33 Å². The van der Waals surface area contributed by atoms with Crippen molar-refractivity contribution in [2.45, 2.75) is 56.3 Å². The molecule has 2 aromatic carbocycles. The Morgan fingerprint density at radius 3 is 1.63 bits per heavy atom. The molecule has 4 amide bonds. The van der Waals surface area contributed by atoms with Gasteiger partial charge in [0, 0.05) is 55.7 Å². The summed E-state index contributed by atoms with van der Waals surface area (Å²) in [5.41, 5.74) is 35.4. The summed E-state index contributed by atoms with van der Waals surface area (Å²) in [4.78, 5) is 69.0. The lowest BCUT2D eigenvalue weighted by atomic mass is 10.0. The summed E-state index contributed by atoms with van der Waals surface area (Å²) in [7, 11) is 0. The molecule has 16 N–H and O–H groups in total. The van der Waals surface area contributed by atoms with Crippen molar-refractivity contribution >= 4 is 70.1 Å². The zero-order valence-electron chi connectivity index (χ0n) is 30.1. The molecule has 18 nitrogen and oxygen atoms in total. The van der Waals surface area contributed by atoms with Crippen LogP contribution < -0.4 is 55.7 Å². The molecule has 0 unspecified atom stereocenters. The first-order valence-electron chi connectivity index (χ1n) is 17.4. The molecule has 0 bridgehead atoms. The molecule has 290 valence electrons. The van der Waals surface area contributed by atoms with Gasteiger partial charge in [0.15, 0.2) is 11.9 Å². The average Bonchev–Trinajstić information content (AvgIpc) is 3.13. The van der Waals surface area contributed by atoms with Crippen LogP contribution >= 0.6 is 11.8 Å². The third-order valence-electron chi connectivity index (χ3n) is 7.58. The lowest BCUT2D eigenvalue weighted by Gasteiger charge is -2.17. The van der Waals surface area contributed by atoms with Gasteiger partial charge in [0.25, 0.3) is 11.8 Å². The highest BCUT2D eigenvalue weighted by Crippen LogP contribution is 2.35. The number of hydrogen-bond donors (Lipinski definition) is 10. The van der Waals surface area contributed by atoms with E-state index < -0.39 is 11.8 Å². The number of carbonyl (C=O) groups excluding carboxylic acids is 4. The fourth-order valence-electron chi connectivity index (χ4n) is 5.03. The first-order valence-corrected chi connectivity index (χ1v) is 18.4. The molecule has 1 heterocycles. The number of nitrogens with two attached hydrogens (primary N) is 6. The number of aromatic nitrogens is 2. The van der Waals surface area contributed by atoms with Gasteiger partial charge in [-0.3, -0.25) is 29.2 Å². The number of aliphatic imine (C=N–C) groups is 2. The van der Waals surface area contributed by atoms with E-state index in [1.807, 2.05) is 0 Å².